The standard InChI is InChI=1S/C21H27NO5/c1-25-16-10-9-14(13-17(16)26-15-7-3-4-8-15)19-18(20(23)24)21(27-22-19)11-5-2-6-12-21/h9-10,13,15,18H,2-8,11-12H2,1H3,(H,23,24). The lowest BCUT2D eigenvalue weighted by molar-refractivity contribution is -0.151. The van der Waals surface area contributed by atoms with Gasteiger partial charge in [-0.1, -0.05) is 11.6 Å². The molecule has 1 heterocycles. The molecule has 0 bridgehead atoms. The number of benzene rings is 1. The summed E-state index contributed by atoms with van der Waals surface area (Å²) in [6, 6.07) is 5.53. The van der Waals surface area contributed by atoms with E-state index in [4.69, 9.17) is 14.3 Å². The van der Waals surface area contributed by atoms with E-state index in [1.807, 2.05) is 18.2 Å². The van der Waals surface area contributed by atoms with Gasteiger partial charge in [-0.25, -0.2) is 0 Å². The third-order valence-electron chi connectivity index (χ3n) is 6.13. The van der Waals surface area contributed by atoms with E-state index in [0.29, 0.717) is 17.2 Å². The average Bonchev–Trinajstić information content (AvgIpc) is 3.30. The quantitative estimate of drug-likeness (QED) is 0.839. The summed E-state index contributed by atoms with van der Waals surface area (Å²) >= 11 is 0. The van der Waals surface area contributed by atoms with Crippen molar-refractivity contribution >= 4 is 11.7 Å². The predicted octanol–water partition coefficient (Wildman–Crippen LogP) is 4.15. The number of hydrogen-bond donors (Lipinski definition) is 1. The van der Waals surface area contributed by atoms with Gasteiger partial charge in [0.25, 0.3) is 0 Å². The van der Waals surface area contributed by atoms with Crippen LogP contribution in [0.25, 0.3) is 0 Å². The number of ether oxygens (including phenoxy) is 2. The molecular weight excluding hydrogens is 346 g/mol. The van der Waals surface area contributed by atoms with E-state index in [9.17, 15) is 9.90 Å². The number of hydrogen-bond acceptors (Lipinski definition) is 5. The fraction of sp³-hybridized carbons (Fsp3) is 0.619. The van der Waals surface area contributed by atoms with E-state index in [2.05, 4.69) is 5.16 Å². The molecule has 0 aromatic heterocycles. The molecule has 0 saturated heterocycles. The van der Waals surface area contributed by atoms with Gasteiger partial charge in [0.1, 0.15) is 11.6 Å². The van der Waals surface area contributed by atoms with E-state index >= 15 is 0 Å². The number of carboxylic acid groups (broad SMARTS) is 1. The molecule has 2 fully saturated rings. The topological polar surface area (TPSA) is 77.4 Å². The molecular formula is C21H27NO5. The van der Waals surface area contributed by atoms with E-state index in [1.54, 1.807) is 7.11 Å². The maximum atomic E-state index is 12.1. The molecule has 1 unspecified atom stereocenters. The van der Waals surface area contributed by atoms with Crippen LogP contribution in [0.5, 0.6) is 11.5 Å². The Labute approximate surface area is 159 Å². The van der Waals surface area contributed by atoms with Crippen molar-refractivity contribution in [3.8, 4) is 11.5 Å². The lowest BCUT2D eigenvalue weighted by Crippen LogP contribution is -2.45. The Morgan fingerprint density at radius 3 is 2.56 bits per heavy atom. The van der Waals surface area contributed by atoms with Crippen molar-refractivity contribution in [1.82, 2.24) is 0 Å². The first-order valence-corrected chi connectivity index (χ1v) is 9.97. The second kappa shape index (κ2) is 7.41. The van der Waals surface area contributed by atoms with Gasteiger partial charge >= 0.3 is 5.97 Å². The fourth-order valence-electron chi connectivity index (χ4n) is 4.70. The average molecular weight is 373 g/mol. The van der Waals surface area contributed by atoms with Crippen LogP contribution in [0.15, 0.2) is 23.4 Å². The summed E-state index contributed by atoms with van der Waals surface area (Å²) in [4.78, 5) is 17.9. The number of carboxylic acids is 1. The molecule has 1 aliphatic heterocycles. The summed E-state index contributed by atoms with van der Waals surface area (Å²) in [6.45, 7) is 0. The Morgan fingerprint density at radius 1 is 1.15 bits per heavy atom. The van der Waals surface area contributed by atoms with Crippen LogP contribution >= 0.6 is 0 Å². The second-order valence-corrected chi connectivity index (χ2v) is 7.85. The molecule has 6 nitrogen and oxygen atoms in total. The lowest BCUT2D eigenvalue weighted by Gasteiger charge is -2.34. The number of rotatable bonds is 5. The van der Waals surface area contributed by atoms with E-state index in [1.165, 1.54) is 12.8 Å². The van der Waals surface area contributed by atoms with Gasteiger partial charge in [0.2, 0.25) is 0 Å². The molecule has 1 aromatic rings. The van der Waals surface area contributed by atoms with Gasteiger partial charge in [-0.15, -0.1) is 0 Å². The van der Waals surface area contributed by atoms with Gasteiger partial charge in [-0.3, -0.25) is 4.79 Å². The third kappa shape index (κ3) is 3.37. The number of oxime groups is 1. The number of carbonyl (C=O) groups is 1. The van der Waals surface area contributed by atoms with Gasteiger partial charge in [0.15, 0.2) is 17.1 Å². The molecule has 27 heavy (non-hydrogen) atoms. The Balaban J connectivity index is 1.64. The highest BCUT2D eigenvalue weighted by Gasteiger charge is 2.53. The van der Waals surface area contributed by atoms with Crippen molar-refractivity contribution < 1.29 is 24.2 Å². The molecule has 4 rings (SSSR count). The first kappa shape index (κ1) is 18.1. The van der Waals surface area contributed by atoms with Crippen LogP contribution in [0.2, 0.25) is 0 Å². The number of aliphatic carboxylic acids is 1. The Hall–Kier alpha value is -2.24. The monoisotopic (exact) mass is 373 g/mol. The maximum Gasteiger partial charge on any atom is 0.316 e. The largest absolute Gasteiger partial charge is 0.493 e. The molecule has 1 atom stereocenters. The van der Waals surface area contributed by atoms with Gasteiger partial charge in [-0.2, -0.15) is 0 Å². The van der Waals surface area contributed by atoms with Gasteiger partial charge in [-0.05, 0) is 69.6 Å². The highest BCUT2D eigenvalue weighted by Crippen LogP contribution is 2.44. The second-order valence-electron chi connectivity index (χ2n) is 7.85. The summed E-state index contributed by atoms with van der Waals surface area (Å²) in [7, 11) is 1.61. The van der Waals surface area contributed by atoms with Crippen LogP contribution in [-0.4, -0.2) is 35.6 Å². The molecule has 1 aromatic carbocycles. The smallest absolute Gasteiger partial charge is 0.316 e. The minimum atomic E-state index is -0.873. The molecule has 3 aliphatic rings. The first-order chi connectivity index (χ1) is 13.1. The predicted molar refractivity (Wildman–Crippen MR) is 100 cm³/mol. The zero-order valence-corrected chi connectivity index (χ0v) is 15.8. The molecule has 1 N–H and O–H groups in total. The van der Waals surface area contributed by atoms with Crippen molar-refractivity contribution in [3.05, 3.63) is 23.8 Å². The summed E-state index contributed by atoms with van der Waals surface area (Å²) in [6.07, 6.45) is 9.17. The van der Waals surface area contributed by atoms with E-state index in [-0.39, 0.29) is 6.10 Å². The van der Waals surface area contributed by atoms with Crippen LogP contribution in [-0.2, 0) is 9.63 Å². The third-order valence-corrected chi connectivity index (χ3v) is 6.13. The highest BCUT2D eigenvalue weighted by molar-refractivity contribution is 6.13. The maximum absolute atomic E-state index is 12.1. The van der Waals surface area contributed by atoms with Crippen LogP contribution in [0.1, 0.15) is 63.4 Å². The zero-order chi connectivity index (χ0) is 18.9. The Kier molecular flexibility index (Phi) is 4.98. The van der Waals surface area contributed by atoms with Gasteiger partial charge in [0, 0.05) is 5.56 Å². The molecule has 0 radical (unpaired) electrons. The minimum Gasteiger partial charge on any atom is -0.493 e. The molecule has 0 amide bonds. The number of nitrogens with zero attached hydrogens (tertiary/aromatic N) is 1. The van der Waals surface area contributed by atoms with Crippen molar-refractivity contribution in [1.29, 1.82) is 0 Å². The van der Waals surface area contributed by atoms with Gasteiger partial charge < -0.3 is 19.4 Å². The summed E-state index contributed by atoms with van der Waals surface area (Å²) in [5, 5.41) is 14.2. The minimum absolute atomic E-state index is 0.191. The molecule has 1 spiro atoms. The fourth-order valence-corrected chi connectivity index (χ4v) is 4.70. The molecule has 6 heteroatoms. The highest BCUT2D eigenvalue weighted by atomic mass is 16.7. The molecule has 146 valence electrons. The SMILES string of the molecule is COc1ccc(C2=NOC3(CCCCC3)C2C(=O)O)cc1OC1CCCC1. The number of methoxy groups -OCH3 is 1. The summed E-state index contributed by atoms with van der Waals surface area (Å²) in [5.41, 5.74) is 0.521. The summed E-state index contributed by atoms with van der Waals surface area (Å²) < 4.78 is 11.6. The van der Waals surface area contributed by atoms with Gasteiger partial charge in [0.05, 0.1) is 13.2 Å². The normalized spacial score (nSPS) is 24.5. The van der Waals surface area contributed by atoms with Crippen molar-refractivity contribution in [2.24, 2.45) is 11.1 Å². The summed E-state index contributed by atoms with van der Waals surface area (Å²) in [5.74, 6) is -0.310. The van der Waals surface area contributed by atoms with E-state index < -0.39 is 17.5 Å². The molecule has 2 aliphatic carbocycles. The lowest BCUT2D eigenvalue weighted by atomic mass is 9.73. The van der Waals surface area contributed by atoms with Crippen LogP contribution in [0.4, 0.5) is 0 Å². The zero-order valence-electron chi connectivity index (χ0n) is 15.8. The first-order valence-electron chi connectivity index (χ1n) is 9.97. The van der Waals surface area contributed by atoms with Crippen LogP contribution < -0.4 is 9.47 Å². The van der Waals surface area contributed by atoms with Crippen molar-refractivity contribution in [3.63, 3.8) is 0 Å². The Bertz CT molecular complexity index is 732. The Morgan fingerprint density at radius 2 is 1.89 bits per heavy atom. The van der Waals surface area contributed by atoms with Crippen molar-refractivity contribution in [2.75, 3.05) is 7.11 Å². The van der Waals surface area contributed by atoms with Crippen LogP contribution in [0.3, 0.4) is 0 Å². The molecule has 2 saturated carbocycles. The van der Waals surface area contributed by atoms with Crippen LogP contribution in [0, 0.1) is 5.92 Å². The van der Waals surface area contributed by atoms with Crippen molar-refractivity contribution in [2.45, 2.75) is 69.5 Å². The van der Waals surface area contributed by atoms with E-state index in [0.717, 1.165) is 50.5 Å².